The number of methoxy groups -OCH3 is 2. The van der Waals surface area contributed by atoms with Gasteiger partial charge in [0.1, 0.15) is 0 Å². The molecule has 0 aliphatic heterocycles. The quantitative estimate of drug-likeness (QED) is 0.713. The van der Waals surface area contributed by atoms with E-state index in [2.05, 4.69) is 19.2 Å². The fourth-order valence-corrected chi connectivity index (χ4v) is 2.13. The Kier molecular flexibility index (Phi) is 5.03. The monoisotopic (exact) mass is 215 g/mol. The van der Waals surface area contributed by atoms with E-state index in [0.717, 1.165) is 6.54 Å². The molecule has 0 aromatic heterocycles. The van der Waals surface area contributed by atoms with Gasteiger partial charge in [0.15, 0.2) is 6.29 Å². The van der Waals surface area contributed by atoms with E-state index in [1.807, 2.05) is 0 Å². The SMILES string of the molecule is COC(CNC1CCC(C)(C)CC1)OC. The molecule has 1 aliphatic rings. The molecular formula is C12H25NO2. The molecule has 1 saturated carbocycles. The number of hydrogen-bond donors (Lipinski definition) is 1. The van der Waals surface area contributed by atoms with Crippen molar-refractivity contribution in [3.05, 3.63) is 0 Å². The smallest absolute Gasteiger partial charge is 0.169 e. The second kappa shape index (κ2) is 5.83. The minimum absolute atomic E-state index is 0.111. The Labute approximate surface area is 93.5 Å². The molecule has 0 saturated heterocycles. The first-order valence-electron chi connectivity index (χ1n) is 5.86. The molecule has 0 aromatic carbocycles. The summed E-state index contributed by atoms with van der Waals surface area (Å²) >= 11 is 0. The first-order valence-corrected chi connectivity index (χ1v) is 5.86. The molecular weight excluding hydrogens is 190 g/mol. The number of rotatable bonds is 5. The molecule has 3 nitrogen and oxygen atoms in total. The van der Waals surface area contributed by atoms with E-state index in [4.69, 9.17) is 9.47 Å². The molecule has 1 aliphatic carbocycles. The van der Waals surface area contributed by atoms with Gasteiger partial charge in [0.25, 0.3) is 0 Å². The standard InChI is InChI=1S/C12H25NO2/c1-12(2)7-5-10(6-8-12)13-9-11(14-3)15-4/h10-11,13H,5-9H2,1-4H3. The summed E-state index contributed by atoms with van der Waals surface area (Å²) in [5.74, 6) is 0. The van der Waals surface area contributed by atoms with Crippen LogP contribution in [0.2, 0.25) is 0 Å². The van der Waals surface area contributed by atoms with Crippen LogP contribution in [0.25, 0.3) is 0 Å². The zero-order valence-corrected chi connectivity index (χ0v) is 10.5. The van der Waals surface area contributed by atoms with E-state index in [1.54, 1.807) is 14.2 Å². The first-order chi connectivity index (χ1) is 7.07. The molecule has 0 atom stereocenters. The normalized spacial score (nSPS) is 22.2. The van der Waals surface area contributed by atoms with Crippen LogP contribution in [0, 0.1) is 5.41 Å². The summed E-state index contributed by atoms with van der Waals surface area (Å²) in [6.07, 6.45) is 5.06. The molecule has 0 aromatic rings. The van der Waals surface area contributed by atoms with Crippen LogP contribution in [0.4, 0.5) is 0 Å². The Morgan fingerprint density at radius 2 is 1.73 bits per heavy atom. The van der Waals surface area contributed by atoms with E-state index < -0.39 is 0 Å². The summed E-state index contributed by atoms with van der Waals surface area (Å²) in [6, 6.07) is 0.644. The zero-order chi connectivity index (χ0) is 11.3. The second-order valence-electron chi connectivity index (χ2n) is 5.25. The average Bonchev–Trinajstić information content (AvgIpc) is 2.21. The minimum Gasteiger partial charge on any atom is -0.355 e. The lowest BCUT2D eigenvalue weighted by atomic mass is 9.75. The van der Waals surface area contributed by atoms with Crippen LogP contribution in [0.3, 0.4) is 0 Å². The molecule has 0 bridgehead atoms. The van der Waals surface area contributed by atoms with Gasteiger partial charge in [-0.05, 0) is 31.1 Å². The molecule has 1 N–H and O–H groups in total. The maximum Gasteiger partial charge on any atom is 0.169 e. The van der Waals surface area contributed by atoms with Crippen molar-refractivity contribution in [2.75, 3.05) is 20.8 Å². The summed E-state index contributed by atoms with van der Waals surface area (Å²) in [5, 5.41) is 3.51. The van der Waals surface area contributed by atoms with E-state index in [-0.39, 0.29) is 6.29 Å². The predicted octanol–water partition coefficient (Wildman–Crippen LogP) is 2.16. The van der Waals surface area contributed by atoms with E-state index >= 15 is 0 Å². The summed E-state index contributed by atoms with van der Waals surface area (Å²) in [7, 11) is 3.36. The van der Waals surface area contributed by atoms with Gasteiger partial charge in [0.2, 0.25) is 0 Å². The summed E-state index contributed by atoms with van der Waals surface area (Å²) in [6.45, 7) is 5.50. The molecule has 15 heavy (non-hydrogen) atoms. The molecule has 3 heteroatoms. The number of ether oxygens (including phenoxy) is 2. The molecule has 0 heterocycles. The third-order valence-electron chi connectivity index (χ3n) is 3.44. The topological polar surface area (TPSA) is 30.5 Å². The Morgan fingerprint density at radius 3 is 2.20 bits per heavy atom. The lowest BCUT2D eigenvalue weighted by Gasteiger charge is -2.35. The van der Waals surface area contributed by atoms with Gasteiger partial charge in [-0.25, -0.2) is 0 Å². The molecule has 0 amide bonds. The van der Waals surface area contributed by atoms with Crippen LogP contribution in [-0.4, -0.2) is 33.1 Å². The highest BCUT2D eigenvalue weighted by atomic mass is 16.7. The van der Waals surface area contributed by atoms with Gasteiger partial charge in [-0.15, -0.1) is 0 Å². The molecule has 0 spiro atoms. The van der Waals surface area contributed by atoms with Crippen molar-refractivity contribution in [1.82, 2.24) is 5.32 Å². The van der Waals surface area contributed by atoms with Gasteiger partial charge >= 0.3 is 0 Å². The third kappa shape index (κ3) is 4.49. The van der Waals surface area contributed by atoms with Gasteiger partial charge < -0.3 is 14.8 Å². The Bertz CT molecular complexity index is 168. The van der Waals surface area contributed by atoms with Crippen LogP contribution >= 0.6 is 0 Å². The number of hydrogen-bond acceptors (Lipinski definition) is 3. The van der Waals surface area contributed by atoms with Crippen LogP contribution in [0.5, 0.6) is 0 Å². The van der Waals surface area contributed by atoms with Gasteiger partial charge in [-0.3, -0.25) is 0 Å². The van der Waals surface area contributed by atoms with Crippen molar-refractivity contribution in [2.24, 2.45) is 5.41 Å². The van der Waals surface area contributed by atoms with Gasteiger partial charge in [0.05, 0.1) is 0 Å². The van der Waals surface area contributed by atoms with E-state index in [9.17, 15) is 0 Å². The highest BCUT2D eigenvalue weighted by Crippen LogP contribution is 2.34. The Balaban J connectivity index is 2.18. The highest BCUT2D eigenvalue weighted by Gasteiger charge is 2.26. The van der Waals surface area contributed by atoms with Crippen molar-refractivity contribution in [1.29, 1.82) is 0 Å². The predicted molar refractivity (Wildman–Crippen MR) is 61.8 cm³/mol. The van der Waals surface area contributed by atoms with Crippen LogP contribution in [0.15, 0.2) is 0 Å². The maximum atomic E-state index is 5.15. The number of nitrogens with one attached hydrogen (secondary N) is 1. The Hall–Kier alpha value is -0.120. The summed E-state index contributed by atoms with van der Waals surface area (Å²) in [5.41, 5.74) is 0.542. The lowest BCUT2D eigenvalue weighted by Crippen LogP contribution is -2.40. The minimum atomic E-state index is -0.111. The highest BCUT2D eigenvalue weighted by molar-refractivity contribution is 4.82. The second-order valence-corrected chi connectivity index (χ2v) is 5.25. The van der Waals surface area contributed by atoms with E-state index in [1.165, 1.54) is 25.7 Å². The van der Waals surface area contributed by atoms with Gasteiger partial charge in [0, 0.05) is 26.8 Å². The summed E-state index contributed by atoms with van der Waals surface area (Å²) in [4.78, 5) is 0. The average molecular weight is 215 g/mol. The largest absolute Gasteiger partial charge is 0.355 e. The lowest BCUT2D eigenvalue weighted by molar-refractivity contribution is -0.100. The first kappa shape index (κ1) is 12.9. The van der Waals surface area contributed by atoms with Crippen LogP contribution in [-0.2, 0) is 9.47 Å². The van der Waals surface area contributed by atoms with Crippen molar-refractivity contribution < 1.29 is 9.47 Å². The maximum absolute atomic E-state index is 5.15. The molecule has 0 radical (unpaired) electrons. The molecule has 90 valence electrons. The van der Waals surface area contributed by atoms with Gasteiger partial charge in [-0.1, -0.05) is 13.8 Å². The molecule has 0 unspecified atom stereocenters. The fourth-order valence-electron chi connectivity index (χ4n) is 2.13. The van der Waals surface area contributed by atoms with Crippen molar-refractivity contribution in [2.45, 2.75) is 51.9 Å². The molecule has 1 rings (SSSR count). The van der Waals surface area contributed by atoms with Crippen LogP contribution < -0.4 is 5.32 Å². The van der Waals surface area contributed by atoms with E-state index in [0.29, 0.717) is 11.5 Å². The van der Waals surface area contributed by atoms with Crippen LogP contribution in [0.1, 0.15) is 39.5 Å². The van der Waals surface area contributed by atoms with Crippen molar-refractivity contribution in [3.63, 3.8) is 0 Å². The van der Waals surface area contributed by atoms with Crippen molar-refractivity contribution >= 4 is 0 Å². The van der Waals surface area contributed by atoms with Crippen molar-refractivity contribution in [3.8, 4) is 0 Å². The zero-order valence-electron chi connectivity index (χ0n) is 10.5. The Morgan fingerprint density at radius 1 is 1.20 bits per heavy atom. The summed E-state index contributed by atoms with van der Waals surface area (Å²) < 4.78 is 10.3. The molecule has 1 fully saturated rings. The third-order valence-corrected chi connectivity index (χ3v) is 3.44. The van der Waals surface area contributed by atoms with Gasteiger partial charge in [-0.2, -0.15) is 0 Å². The fraction of sp³-hybridized carbons (Fsp3) is 1.00.